The van der Waals surface area contributed by atoms with Crippen LogP contribution in [0.2, 0.25) is 5.02 Å². The van der Waals surface area contributed by atoms with Crippen LogP contribution in [0.15, 0.2) is 48.7 Å². The summed E-state index contributed by atoms with van der Waals surface area (Å²) in [4.78, 5) is 13.3. The van der Waals surface area contributed by atoms with Gasteiger partial charge < -0.3 is 25.8 Å². The molecule has 220 valence electrons. The summed E-state index contributed by atoms with van der Waals surface area (Å²) in [7, 11) is -2.01. The molecule has 0 amide bonds. The minimum atomic E-state index is -3.48. The Morgan fingerprint density at radius 3 is 2.54 bits per heavy atom. The number of aromatic nitrogens is 2. The van der Waals surface area contributed by atoms with E-state index in [0.29, 0.717) is 28.7 Å². The minimum absolute atomic E-state index is 0.215. The van der Waals surface area contributed by atoms with E-state index in [2.05, 4.69) is 35.7 Å². The number of para-hydroxylation sites is 2. The third kappa shape index (κ3) is 7.37. The normalized spacial score (nSPS) is 16.9. The molecular weight excluding hydrogens is 567 g/mol. The summed E-state index contributed by atoms with van der Waals surface area (Å²) in [5.74, 6) is 0.837. The first-order valence-corrected chi connectivity index (χ1v) is 16.0. The topological polar surface area (TPSA) is 106 Å². The molecule has 0 radical (unpaired) electrons. The van der Waals surface area contributed by atoms with Crippen molar-refractivity contribution in [2.24, 2.45) is 5.92 Å². The molecule has 2 saturated heterocycles. The molecule has 3 N–H and O–H groups in total. The zero-order valence-electron chi connectivity index (χ0n) is 23.3. The van der Waals surface area contributed by atoms with Crippen LogP contribution in [0.5, 0.6) is 0 Å². The van der Waals surface area contributed by atoms with E-state index in [1.54, 1.807) is 30.3 Å². The number of halogens is 2. The second-order valence-electron chi connectivity index (χ2n) is 10.5. The van der Waals surface area contributed by atoms with Crippen LogP contribution in [0.3, 0.4) is 0 Å². The third-order valence-electron chi connectivity index (χ3n) is 7.62. The Bertz CT molecular complexity index is 1460. The van der Waals surface area contributed by atoms with Crippen LogP contribution >= 0.6 is 11.6 Å². The van der Waals surface area contributed by atoms with Gasteiger partial charge in [0.25, 0.3) is 0 Å². The molecule has 2 fully saturated rings. The fraction of sp³-hybridized carbons (Fsp3) is 0.429. The molecule has 0 atom stereocenters. The van der Waals surface area contributed by atoms with E-state index < -0.39 is 10.0 Å². The predicted molar refractivity (Wildman–Crippen MR) is 164 cm³/mol. The van der Waals surface area contributed by atoms with Crippen molar-refractivity contribution in [1.82, 2.24) is 20.2 Å². The fourth-order valence-corrected chi connectivity index (χ4v) is 5.92. The molecule has 3 heterocycles. The van der Waals surface area contributed by atoms with Crippen molar-refractivity contribution < 1.29 is 12.8 Å². The van der Waals surface area contributed by atoms with Crippen LogP contribution in [-0.4, -0.2) is 82.4 Å². The lowest BCUT2D eigenvalue weighted by Gasteiger charge is -2.37. The standard InChI is InChI=1S/C28H36ClFN8O2S/c1-36(41(2,39)40)26-6-4-3-5-24(26)34-27-22(29)18-32-28(35-27)33-21-7-8-25(23(30)17-21)38-13-9-20(10-14-38)19-37-15-11-31-12-16-37/h3-8,17-18,20,31H,9-16,19H2,1-2H3,(H2,32,33,34,35). The number of nitrogens with one attached hydrogen (secondary N) is 3. The maximum Gasteiger partial charge on any atom is 0.232 e. The molecule has 41 heavy (non-hydrogen) atoms. The van der Waals surface area contributed by atoms with Crippen LogP contribution < -0.4 is 25.2 Å². The van der Waals surface area contributed by atoms with Gasteiger partial charge in [-0.2, -0.15) is 4.98 Å². The minimum Gasteiger partial charge on any atom is -0.369 e. The van der Waals surface area contributed by atoms with Crippen molar-refractivity contribution in [3.05, 3.63) is 59.5 Å². The van der Waals surface area contributed by atoms with Gasteiger partial charge in [-0.25, -0.2) is 17.8 Å². The number of anilines is 6. The number of benzene rings is 2. The molecule has 0 aliphatic carbocycles. The van der Waals surface area contributed by atoms with Crippen LogP contribution in [0, 0.1) is 11.7 Å². The summed E-state index contributed by atoms with van der Waals surface area (Å²) in [5.41, 5.74) is 2.04. The smallest absolute Gasteiger partial charge is 0.232 e. The summed E-state index contributed by atoms with van der Waals surface area (Å²) in [5, 5.41) is 9.79. The van der Waals surface area contributed by atoms with Gasteiger partial charge in [0.2, 0.25) is 16.0 Å². The number of nitrogens with zero attached hydrogens (tertiary/aromatic N) is 5. The van der Waals surface area contributed by atoms with E-state index >= 15 is 4.39 Å². The summed E-state index contributed by atoms with van der Waals surface area (Å²) in [6.45, 7) is 7.12. The lowest BCUT2D eigenvalue weighted by molar-refractivity contribution is 0.190. The SMILES string of the molecule is CN(c1ccccc1Nc1nc(Nc2ccc(N3CCC(CN4CCNCC4)CC3)c(F)c2)ncc1Cl)S(C)(=O)=O. The maximum atomic E-state index is 15.2. The van der Waals surface area contributed by atoms with E-state index in [0.717, 1.165) is 64.9 Å². The van der Waals surface area contributed by atoms with Gasteiger partial charge >= 0.3 is 0 Å². The molecule has 5 rings (SSSR count). The average molecular weight is 603 g/mol. The van der Waals surface area contributed by atoms with Crippen molar-refractivity contribution in [2.45, 2.75) is 12.8 Å². The Labute approximate surface area is 246 Å². The van der Waals surface area contributed by atoms with Gasteiger partial charge in [-0.3, -0.25) is 4.31 Å². The highest BCUT2D eigenvalue weighted by atomic mass is 35.5. The van der Waals surface area contributed by atoms with Gasteiger partial charge in [-0.05, 0) is 49.1 Å². The Hall–Kier alpha value is -3.19. The van der Waals surface area contributed by atoms with Crippen molar-refractivity contribution in [3.8, 4) is 0 Å². The van der Waals surface area contributed by atoms with Gasteiger partial charge in [0.15, 0.2) is 5.82 Å². The molecule has 1 aromatic heterocycles. The summed E-state index contributed by atoms with van der Waals surface area (Å²) >= 11 is 6.35. The quantitative estimate of drug-likeness (QED) is 0.331. The number of hydrogen-bond donors (Lipinski definition) is 3. The molecule has 0 unspecified atom stereocenters. The van der Waals surface area contributed by atoms with Crippen molar-refractivity contribution in [2.75, 3.05) is 79.0 Å². The lowest BCUT2D eigenvalue weighted by Crippen LogP contribution is -2.47. The maximum absolute atomic E-state index is 15.2. The molecule has 13 heteroatoms. The Balaban J connectivity index is 1.23. The van der Waals surface area contributed by atoms with Crippen LogP contribution in [0.4, 0.5) is 38.9 Å². The van der Waals surface area contributed by atoms with E-state index in [1.807, 2.05) is 6.07 Å². The second-order valence-corrected chi connectivity index (χ2v) is 13.0. The van der Waals surface area contributed by atoms with E-state index in [-0.39, 0.29) is 22.6 Å². The largest absolute Gasteiger partial charge is 0.369 e. The highest BCUT2D eigenvalue weighted by molar-refractivity contribution is 7.92. The highest BCUT2D eigenvalue weighted by Gasteiger charge is 2.24. The monoisotopic (exact) mass is 602 g/mol. The van der Waals surface area contributed by atoms with Gasteiger partial charge in [0.1, 0.15) is 10.8 Å². The lowest BCUT2D eigenvalue weighted by atomic mass is 9.95. The number of sulfonamides is 1. The Kier molecular flexibility index (Phi) is 9.12. The van der Waals surface area contributed by atoms with Crippen molar-refractivity contribution in [3.63, 3.8) is 0 Å². The molecule has 2 aromatic carbocycles. The van der Waals surface area contributed by atoms with E-state index in [9.17, 15) is 8.42 Å². The van der Waals surface area contributed by atoms with Gasteiger partial charge in [-0.1, -0.05) is 23.7 Å². The predicted octanol–water partition coefficient (Wildman–Crippen LogP) is 4.27. The van der Waals surface area contributed by atoms with Gasteiger partial charge in [0, 0.05) is 58.5 Å². The molecule has 0 bridgehead atoms. The van der Waals surface area contributed by atoms with E-state index in [1.165, 1.54) is 23.6 Å². The number of rotatable bonds is 9. The second kappa shape index (κ2) is 12.8. The Morgan fingerprint density at radius 1 is 1.10 bits per heavy atom. The van der Waals surface area contributed by atoms with Crippen molar-refractivity contribution >= 4 is 56.1 Å². The first kappa shape index (κ1) is 29.3. The molecule has 2 aliphatic rings. The molecular formula is C28H36ClFN8O2S. The molecule has 0 spiro atoms. The summed E-state index contributed by atoms with van der Waals surface area (Å²) in [6.07, 6.45) is 4.67. The zero-order chi connectivity index (χ0) is 29.0. The third-order valence-corrected chi connectivity index (χ3v) is 9.09. The van der Waals surface area contributed by atoms with Crippen LogP contribution in [0.1, 0.15) is 12.8 Å². The van der Waals surface area contributed by atoms with Crippen LogP contribution in [-0.2, 0) is 10.0 Å². The number of piperidine rings is 1. The average Bonchev–Trinajstić information content (AvgIpc) is 2.95. The van der Waals surface area contributed by atoms with Crippen LogP contribution in [0.25, 0.3) is 0 Å². The zero-order valence-corrected chi connectivity index (χ0v) is 24.8. The van der Waals surface area contributed by atoms with Gasteiger partial charge in [0.05, 0.1) is 29.5 Å². The van der Waals surface area contributed by atoms with Crippen molar-refractivity contribution in [1.29, 1.82) is 0 Å². The fourth-order valence-electron chi connectivity index (χ4n) is 5.26. The Morgan fingerprint density at radius 2 is 1.83 bits per heavy atom. The van der Waals surface area contributed by atoms with Gasteiger partial charge in [-0.15, -0.1) is 0 Å². The summed E-state index contributed by atoms with van der Waals surface area (Å²) in [6, 6.07) is 12.0. The first-order valence-electron chi connectivity index (χ1n) is 13.7. The molecule has 3 aromatic rings. The molecule has 10 nitrogen and oxygen atoms in total. The van der Waals surface area contributed by atoms with E-state index in [4.69, 9.17) is 11.6 Å². The highest BCUT2D eigenvalue weighted by Crippen LogP contribution is 2.33. The summed E-state index contributed by atoms with van der Waals surface area (Å²) < 4.78 is 40.6. The number of piperazine rings is 1. The first-order chi connectivity index (χ1) is 19.7. The number of hydrogen-bond acceptors (Lipinski definition) is 9. The molecule has 0 saturated carbocycles. The molecule has 2 aliphatic heterocycles.